The Labute approximate surface area is 130 Å². The second kappa shape index (κ2) is 7.98. The Balaban J connectivity index is 4.50. The maximum absolute atomic E-state index is 11.7. The van der Waals surface area contributed by atoms with Crippen LogP contribution in [0.5, 0.6) is 0 Å². The van der Waals surface area contributed by atoms with E-state index >= 15 is 0 Å². The third-order valence-electron chi connectivity index (χ3n) is 2.00. The Morgan fingerprint density at radius 1 is 0.955 bits per heavy atom. The largest absolute Gasteiger partial charge is 0.464 e. The molecule has 0 unspecified atom stereocenters. The summed E-state index contributed by atoms with van der Waals surface area (Å²) in [5.41, 5.74) is 0.769. The van der Waals surface area contributed by atoms with E-state index in [1.54, 1.807) is 41.5 Å². The summed E-state index contributed by atoms with van der Waals surface area (Å²) in [5.74, 6) is -1.07. The van der Waals surface area contributed by atoms with Gasteiger partial charge in [0.05, 0.1) is 6.42 Å². The lowest BCUT2D eigenvalue weighted by atomic mass is 10.2. The molecule has 0 spiro atoms. The highest BCUT2D eigenvalue weighted by Gasteiger charge is 2.22. The van der Waals surface area contributed by atoms with Gasteiger partial charge in [-0.1, -0.05) is 0 Å². The molecule has 0 aromatic rings. The van der Waals surface area contributed by atoms with Gasteiger partial charge in [-0.25, -0.2) is 9.80 Å². The van der Waals surface area contributed by atoms with Crippen molar-refractivity contribution in [3.8, 4) is 0 Å². The summed E-state index contributed by atoms with van der Waals surface area (Å²) in [6.45, 7) is 10.0. The standard InChI is InChI=1S/C14H26N2O6/c1-13(2,3)21-10(17)7-8-16(15-12(19)20)9-11(18)22-14(4,5)6/h15H,7-9H2,1-6H3,(H,19,20). The molecule has 8 heteroatoms. The van der Waals surface area contributed by atoms with Gasteiger partial charge in [0, 0.05) is 6.54 Å². The zero-order chi connectivity index (χ0) is 17.6. The fourth-order valence-corrected chi connectivity index (χ4v) is 1.46. The Bertz CT molecular complexity index is 409. The Hall–Kier alpha value is -1.83. The van der Waals surface area contributed by atoms with Gasteiger partial charge in [0.15, 0.2) is 0 Å². The highest BCUT2D eigenvalue weighted by Crippen LogP contribution is 2.09. The molecule has 0 atom stereocenters. The number of amides is 1. The molecule has 1 amide bonds. The second-order valence-corrected chi connectivity index (χ2v) is 6.76. The smallest absolute Gasteiger partial charge is 0.419 e. The molecular weight excluding hydrogens is 292 g/mol. The maximum atomic E-state index is 11.7. The van der Waals surface area contributed by atoms with Crippen LogP contribution in [-0.4, -0.2) is 52.4 Å². The number of hydrogen-bond acceptors (Lipinski definition) is 6. The molecule has 0 bridgehead atoms. The van der Waals surface area contributed by atoms with Crippen LogP contribution in [0.15, 0.2) is 0 Å². The summed E-state index contributed by atoms with van der Waals surface area (Å²) < 4.78 is 10.2. The number of nitrogens with one attached hydrogen (secondary N) is 1. The zero-order valence-electron chi connectivity index (χ0n) is 14.1. The Morgan fingerprint density at radius 2 is 1.41 bits per heavy atom. The van der Waals surface area contributed by atoms with Crippen LogP contribution in [-0.2, 0) is 19.1 Å². The van der Waals surface area contributed by atoms with Gasteiger partial charge in [0.1, 0.15) is 17.7 Å². The van der Waals surface area contributed by atoms with Crippen LogP contribution in [0.1, 0.15) is 48.0 Å². The van der Waals surface area contributed by atoms with Gasteiger partial charge < -0.3 is 14.6 Å². The zero-order valence-corrected chi connectivity index (χ0v) is 14.1. The number of nitrogens with zero attached hydrogens (tertiary/aromatic N) is 1. The van der Waals surface area contributed by atoms with Crippen LogP contribution < -0.4 is 5.43 Å². The van der Waals surface area contributed by atoms with E-state index in [0.29, 0.717) is 0 Å². The summed E-state index contributed by atoms with van der Waals surface area (Å²) in [7, 11) is 0. The predicted molar refractivity (Wildman–Crippen MR) is 79.0 cm³/mol. The minimum atomic E-state index is -1.33. The van der Waals surface area contributed by atoms with Crippen LogP contribution in [0.2, 0.25) is 0 Å². The van der Waals surface area contributed by atoms with Gasteiger partial charge in [-0.3, -0.25) is 15.0 Å². The number of ether oxygens (including phenoxy) is 2. The molecule has 0 heterocycles. The number of carboxylic acid groups (broad SMARTS) is 1. The van der Waals surface area contributed by atoms with Gasteiger partial charge in [0.25, 0.3) is 0 Å². The van der Waals surface area contributed by atoms with E-state index < -0.39 is 29.2 Å². The van der Waals surface area contributed by atoms with Crippen LogP contribution in [0, 0.1) is 0 Å². The van der Waals surface area contributed by atoms with Gasteiger partial charge in [0.2, 0.25) is 0 Å². The molecule has 0 aliphatic rings. The van der Waals surface area contributed by atoms with Crippen molar-refractivity contribution in [2.75, 3.05) is 13.1 Å². The van der Waals surface area contributed by atoms with E-state index in [2.05, 4.69) is 5.43 Å². The summed E-state index contributed by atoms with van der Waals surface area (Å²) in [6.07, 6.45) is -1.38. The molecule has 22 heavy (non-hydrogen) atoms. The second-order valence-electron chi connectivity index (χ2n) is 6.76. The first-order chi connectivity index (χ1) is 9.78. The Morgan fingerprint density at radius 3 is 1.82 bits per heavy atom. The first-order valence-electron chi connectivity index (χ1n) is 6.97. The minimum Gasteiger partial charge on any atom is -0.464 e. The molecule has 0 saturated carbocycles. The van der Waals surface area contributed by atoms with Crippen LogP contribution in [0.4, 0.5) is 4.79 Å². The normalized spacial score (nSPS) is 12.0. The molecule has 0 aromatic carbocycles. The van der Waals surface area contributed by atoms with E-state index in [-0.39, 0.29) is 19.5 Å². The van der Waals surface area contributed by atoms with Crippen molar-refractivity contribution < 1.29 is 29.0 Å². The van der Waals surface area contributed by atoms with E-state index in [9.17, 15) is 14.4 Å². The van der Waals surface area contributed by atoms with Crippen LogP contribution in [0.3, 0.4) is 0 Å². The molecule has 0 radical (unpaired) electrons. The molecule has 0 aliphatic carbocycles. The lowest BCUT2D eigenvalue weighted by Gasteiger charge is -2.25. The quantitative estimate of drug-likeness (QED) is 0.565. The molecule has 0 aliphatic heterocycles. The van der Waals surface area contributed by atoms with Crippen molar-refractivity contribution in [2.24, 2.45) is 0 Å². The fraction of sp³-hybridized carbons (Fsp3) is 0.786. The third kappa shape index (κ3) is 12.0. The summed E-state index contributed by atoms with van der Waals surface area (Å²) in [5, 5.41) is 9.86. The lowest BCUT2D eigenvalue weighted by Crippen LogP contribution is -2.46. The predicted octanol–water partition coefficient (Wildman–Crippen LogP) is 1.54. The molecular formula is C14H26N2O6. The van der Waals surface area contributed by atoms with Crippen molar-refractivity contribution in [3.05, 3.63) is 0 Å². The highest BCUT2D eigenvalue weighted by molar-refractivity contribution is 5.73. The molecule has 0 aromatic heterocycles. The Kier molecular flexibility index (Phi) is 7.31. The minimum absolute atomic E-state index is 0.000453. The average Bonchev–Trinajstić information content (AvgIpc) is 2.19. The van der Waals surface area contributed by atoms with Crippen molar-refractivity contribution >= 4 is 18.0 Å². The number of carbonyl (C=O) groups is 3. The van der Waals surface area contributed by atoms with Crippen LogP contribution in [0.25, 0.3) is 0 Å². The topological polar surface area (TPSA) is 105 Å². The number of hydrazine groups is 1. The van der Waals surface area contributed by atoms with Gasteiger partial charge in [-0.15, -0.1) is 0 Å². The SMILES string of the molecule is CC(C)(C)OC(=O)CCN(CC(=O)OC(C)(C)C)NC(=O)O. The number of esters is 2. The van der Waals surface area contributed by atoms with Crippen molar-refractivity contribution in [3.63, 3.8) is 0 Å². The molecule has 0 saturated heterocycles. The van der Waals surface area contributed by atoms with E-state index in [1.165, 1.54) is 0 Å². The number of rotatable bonds is 6. The van der Waals surface area contributed by atoms with E-state index in [4.69, 9.17) is 14.6 Å². The molecule has 2 N–H and O–H groups in total. The lowest BCUT2D eigenvalue weighted by molar-refractivity contribution is -0.159. The van der Waals surface area contributed by atoms with Crippen molar-refractivity contribution in [1.29, 1.82) is 0 Å². The molecule has 128 valence electrons. The molecule has 8 nitrogen and oxygen atoms in total. The van der Waals surface area contributed by atoms with Crippen LogP contribution >= 0.6 is 0 Å². The first-order valence-corrected chi connectivity index (χ1v) is 6.97. The summed E-state index contributed by atoms with van der Waals surface area (Å²) in [4.78, 5) is 34.1. The van der Waals surface area contributed by atoms with Gasteiger partial charge in [-0.2, -0.15) is 0 Å². The fourth-order valence-electron chi connectivity index (χ4n) is 1.46. The van der Waals surface area contributed by atoms with E-state index in [1.807, 2.05) is 0 Å². The average molecular weight is 318 g/mol. The molecule has 0 rings (SSSR count). The number of hydrogen-bond donors (Lipinski definition) is 2. The maximum Gasteiger partial charge on any atom is 0.419 e. The number of carbonyl (C=O) groups excluding carboxylic acids is 2. The summed E-state index contributed by atoms with van der Waals surface area (Å²) >= 11 is 0. The highest BCUT2D eigenvalue weighted by atomic mass is 16.6. The van der Waals surface area contributed by atoms with E-state index in [0.717, 1.165) is 5.01 Å². The first kappa shape index (κ1) is 20.2. The van der Waals surface area contributed by atoms with Gasteiger partial charge >= 0.3 is 18.0 Å². The van der Waals surface area contributed by atoms with Crippen molar-refractivity contribution in [2.45, 2.75) is 59.2 Å². The van der Waals surface area contributed by atoms with Gasteiger partial charge in [-0.05, 0) is 41.5 Å². The molecule has 0 fully saturated rings. The monoisotopic (exact) mass is 318 g/mol. The summed E-state index contributed by atoms with van der Waals surface area (Å²) in [6, 6.07) is 0. The van der Waals surface area contributed by atoms with Crippen molar-refractivity contribution in [1.82, 2.24) is 10.4 Å². The third-order valence-corrected chi connectivity index (χ3v) is 2.00.